The van der Waals surface area contributed by atoms with Gasteiger partial charge in [0.25, 0.3) is 0 Å². The lowest BCUT2D eigenvalue weighted by atomic mass is 10.2. The van der Waals surface area contributed by atoms with E-state index in [1.165, 1.54) is 5.56 Å². The molecule has 0 aliphatic rings. The van der Waals surface area contributed by atoms with Gasteiger partial charge < -0.3 is 15.4 Å². The van der Waals surface area contributed by atoms with E-state index in [0.29, 0.717) is 0 Å². The van der Waals surface area contributed by atoms with Crippen LogP contribution in [0.4, 0.5) is 0 Å². The van der Waals surface area contributed by atoms with Gasteiger partial charge in [-0.2, -0.15) is 0 Å². The molecular formula is C13H21BrN2O. The van der Waals surface area contributed by atoms with Crippen molar-refractivity contribution in [2.24, 2.45) is 5.73 Å². The number of hydrogen-bond donors (Lipinski definition) is 1. The number of hydrogen-bond acceptors (Lipinski definition) is 3. The van der Waals surface area contributed by atoms with Gasteiger partial charge in [0.1, 0.15) is 5.75 Å². The molecule has 0 unspecified atom stereocenters. The van der Waals surface area contributed by atoms with E-state index in [4.69, 9.17) is 10.5 Å². The average Bonchev–Trinajstić information content (AvgIpc) is 2.29. The van der Waals surface area contributed by atoms with Crippen molar-refractivity contribution < 1.29 is 4.74 Å². The summed E-state index contributed by atoms with van der Waals surface area (Å²) in [7, 11) is 3.83. The zero-order valence-corrected chi connectivity index (χ0v) is 12.2. The number of nitrogens with two attached hydrogens (primary N) is 1. The lowest BCUT2D eigenvalue weighted by Crippen LogP contribution is -2.20. The molecule has 0 saturated carbocycles. The predicted molar refractivity (Wildman–Crippen MR) is 75.3 cm³/mol. The summed E-state index contributed by atoms with van der Waals surface area (Å²) in [5.74, 6) is 0.943. The van der Waals surface area contributed by atoms with Crippen LogP contribution < -0.4 is 10.5 Å². The van der Waals surface area contributed by atoms with Gasteiger partial charge in [-0.15, -0.1) is 0 Å². The molecule has 4 heteroatoms. The van der Waals surface area contributed by atoms with Crippen LogP contribution in [0.2, 0.25) is 0 Å². The lowest BCUT2D eigenvalue weighted by Gasteiger charge is -2.18. The van der Waals surface area contributed by atoms with Crippen LogP contribution >= 0.6 is 15.9 Å². The Morgan fingerprint density at radius 3 is 2.76 bits per heavy atom. The molecule has 0 aliphatic heterocycles. The van der Waals surface area contributed by atoms with Crippen molar-refractivity contribution in [1.29, 1.82) is 0 Å². The molecule has 1 aromatic rings. The Hall–Kier alpha value is -0.580. The number of nitrogens with zero attached hydrogens (tertiary/aromatic N) is 1. The number of unbranched alkanes of at least 4 members (excludes halogenated alkanes) is 1. The van der Waals surface area contributed by atoms with E-state index >= 15 is 0 Å². The van der Waals surface area contributed by atoms with Crippen LogP contribution in [0.15, 0.2) is 22.7 Å². The van der Waals surface area contributed by atoms with E-state index < -0.39 is 0 Å². The largest absolute Gasteiger partial charge is 0.496 e. The van der Waals surface area contributed by atoms with Gasteiger partial charge in [-0.1, -0.05) is 15.9 Å². The minimum atomic E-state index is 0.772. The first-order chi connectivity index (χ1) is 8.17. The number of halogens is 1. The molecule has 0 amide bonds. The van der Waals surface area contributed by atoms with Gasteiger partial charge in [0.05, 0.1) is 7.11 Å². The van der Waals surface area contributed by atoms with E-state index in [9.17, 15) is 0 Å². The summed E-state index contributed by atoms with van der Waals surface area (Å²) < 4.78 is 6.45. The molecule has 0 aliphatic carbocycles. The Morgan fingerprint density at radius 2 is 2.12 bits per heavy atom. The highest BCUT2D eigenvalue weighted by Gasteiger charge is 2.06. The first-order valence-corrected chi connectivity index (χ1v) is 6.67. The Morgan fingerprint density at radius 1 is 1.35 bits per heavy atom. The second kappa shape index (κ2) is 7.69. The van der Waals surface area contributed by atoms with E-state index in [1.54, 1.807) is 7.11 Å². The van der Waals surface area contributed by atoms with Crippen LogP contribution in [0.1, 0.15) is 18.4 Å². The first-order valence-electron chi connectivity index (χ1n) is 5.88. The van der Waals surface area contributed by atoms with E-state index in [-0.39, 0.29) is 0 Å². The molecule has 1 rings (SSSR count). The highest BCUT2D eigenvalue weighted by molar-refractivity contribution is 9.10. The monoisotopic (exact) mass is 300 g/mol. The highest BCUT2D eigenvalue weighted by Crippen LogP contribution is 2.24. The number of benzene rings is 1. The van der Waals surface area contributed by atoms with Crippen LogP contribution in [0.25, 0.3) is 0 Å². The minimum Gasteiger partial charge on any atom is -0.496 e. The van der Waals surface area contributed by atoms with E-state index in [0.717, 1.165) is 42.7 Å². The third kappa shape index (κ3) is 5.06. The van der Waals surface area contributed by atoms with Gasteiger partial charge in [-0.05, 0) is 51.2 Å². The first kappa shape index (κ1) is 14.5. The highest BCUT2D eigenvalue weighted by atomic mass is 79.9. The van der Waals surface area contributed by atoms with Crippen molar-refractivity contribution in [1.82, 2.24) is 4.90 Å². The average molecular weight is 301 g/mol. The van der Waals surface area contributed by atoms with Crippen molar-refractivity contribution in [3.05, 3.63) is 28.2 Å². The molecule has 17 heavy (non-hydrogen) atoms. The third-order valence-corrected chi connectivity index (χ3v) is 3.17. The summed E-state index contributed by atoms with van der Waals surface area (Å²) in [6, 6.07) is 6.10. The summed E-state index contributed by atoms with van der Waals surface area (Å²) >= 11 is 3.49. The summed E-state index contributed by atoms with van der Waals surface area (Å²) in [5, 5.41) is 0. The molecule has 1 aromatic carbocycles. The smallest absolute Gasteiger partial charge is 0.123 e. The number of rotatable bonds is 7. The molecule has 0 aromatic heterocycles. The normalized spacial score (nSPS) is 10.9. The molecule has 0 spiro atoms. The van der Waals surface area contributed by atoms with Crippen molar-refractivity contribution >= 4 is 15.9 Å². The quantitative estimate of drug-likeness (QED) is 0.787. The minimum absolute atomic E-state index is 0.772. The SMILES string of the molecule is COc1ccc(Br)cc1CN(C)CCCCN. The third-order valence-electron chi connectivity index (χ3n) is 2.68. The molecule has 96 valence electrons. The molecule has 0 bridgehead atoms. The standard InChI is InChI=1S/C13H21BrN2O/c1-16(8-4-3-7-15)10-11-9-12(14)5-6-13(11)17-2/h5-6,9H,3-4,7-8,10,15H2,1-2H3. The Bertz CT molecular complexity index is 344. The second-order valence-corrected chi connectivity index (χ2v) is 5.11. The Kier molecular flexibility index (Phi) is 6.55. The summed E-state index contributed by atoms with van der Waals surface area (Å²) in [5.41, 5.74) is 6.69. The molecule has 3 nitrogen and oxygen atoms in total. The molecule has 2 N–H and O–H groups in total. The molecule has 0 heterocycles. The number of ether oxygens (including phenoxy) is 1. The molecule has 0 fully saturated rings. The van der Waals surface area contributed by atoms with Gasteiger partial charge in [0.2, 0.25) is 0 Å². The van der Waals surface area contributed by atoms with Crippen LogP contribution in [0.3, 0.4) is 0 Å². The predicted octanol–water partition coefficient (Wildman–Crippen LogP) is 2.63. The van der Waals surface area contributed by atoms with Gasteiger partial charge in [0.15, 0.2) is 0 Å². The van der Waals surface area contributed by atoms with Crippen LogP contribution in [0, 0.1) is 0 Å². The molecular weight excluding hydrogens is 280 g/mol. The van der Waals surface area contributed by atoms with Crippen molar-refractivity contribution in [3.63, 3.8) is 0 Å². The Balaban J connectivity index is 2.57. The molecule has 0 atom stereocenters. The lowest BCUT2D eigenvalue weighted by molar-refractivity contribution is 0.311. The van der Waals surface area contributed by atoms with Crippen molar-refractivity contribution in [2.75, 3.05) is 27.2 Å². The summed E-state index contributed by atoms with van der Waals surface area (Å²) in [6.45, 7) is 2.73. The van der Waals surface area contributed by atoms with Crippen LogP contribution in [-0.2, 0) is 6.54 Å². The number of methoxy groups -OCH3 is 1. The van der Waals surface area contributed by atoms with E-state index in [2.05, 4.69) is 33.9 Å². The maximum Gasteiger partial charge on any atom is 0.123 e. The summed E-state index contributed by atoms with van der Waals surface area (Å²) in [4.78, 5) is 2.29. The fourth-order valence-corrected chi connectivity index (χ4v) is 2.18. The van der Waals surface area contributed by atoms with Gasteiger partial charge in [-0.3, -0.25) is 0 Å². The topological polar surface area (TPSA) is 38.5 Å². The maximum atomic E-state index is 5.49. The van der Waals surface area contributed by atoms with Crippen molar-refractivity contribution in [3.8, 4) is 5.75 Å². The summed E-state index contributed by atoms with van der Waals surface area (Å²) in [6.07, 6.45) is 2.23. The fourth-order valence-electron chi connectivity index (χ4n) is 1.77. The fraction of sp³-hybridized carbons (Fsp3) is 0.538. The van der Waals surface area contributed by atoms with Gasteiger partial charge >= 0.3 is 0 Å². The second-order valence-electron chi connectivity index (χ2n) is 4.19. The van der Waals surface area contributed by atoms with Gasteiger partial charge in [0, 0.05) is 16.6 Å². The van der Waals surface area contributed by atoms with Crippen LogP contribution in [0.5, 0.6) is 5.75 Å². The maximum absolute atomic E-state index is 5.49. The Labute approximate surface area is 112 Å². The van der Waals surface area contributed by atoms with Crippen LogP contribution in [-0.4, -0.2) is 32.1 Å². The van der Waals surface area contributed by atoms with Gasteiger partial charge in [-0.25, -0.2) is 0 Å². The van der Waals surface area contributed by atoms with Crippen molar-refractivity contribution in [2.45, 2.75) is 19.4 Å². The zero-order valence-electron chi connectivity index (χ0n) is 10.6. The molecule has 0 saturated heterocycles. The molecule has 0 radical (unpaired) electrons. The zero-order chi connectivity index (χ0) is 12.7. The van der Waals surface area contributed by atoms with E-state index in [1.807, 2.05) is 12.1 Å².